The van der Waals surface area contributed by atoms with Gasteiger partial charge in [-0.3, -0.25) is 0 Å². The largest absolute Gasteiger partial charge is 0.484 e. The molecule has 1 N–H and O–H groups in total. The van der Waals surface area contributed by atoms with Crippen molar-refractivity contribution < 1.29 is 9.15 Å². The monoisotopic (exact) mass is 337 g/mol. The van der Waals surface area contributed by atoms with E-state index >= 15 is 0 Å². The zero-order valence-electron chi connectivity index (χ0n) is 11.9. The van der Waals surface area contributed by atoms with Gasteiger partial charge in [0.05, 0.1) is 10.7 Å². The molecule has 0 saturated heterocycles. The Morgan fingerprint density at radius 3 is 2.85 bits per heavy atom. The zero-order chi connectivity index (χ0) is 14.4. The first-order chi connectivity index (χ1) is 9.70. The lowest BCUT2D eigenvalue weighted by molar-refractivity contribution is 0.268. The molecule has 0 aliphatic heterocycles. The van der Waals surface area contributed by atoms with E-state index in [1.54, 1.807) is 6.26 Å². The van der Waals surface area contributed by atoms with Crippen molar-refractivity contribution in [1.82, 2.24) is 5.32 Å². The molecule has 0 saturated carbocycles. The third-order valence-corrected chi connectivity index (χ3v) is 3.73. The average Bonchev–Trinajstić information content (AvgIpc) is 2.96. The minimum Gasteiger partial charge on any atom is -0.484 e. The standard InChI is InChI=1S/C16H20BrNO2/c1-3-8-18-12(2)13-6-7-16(15(17)10-13)20-11-14-5-4-9-19-14/h4-7,9-10,12,18H,3,8,11H2,1-2H3. The van der Waals surface area contributed by atoms with Crippen molar-refractivity contribution in [3.8, 4) is 5.75 Å². The Hall–Kier alpha value is -1.26. The summed E-state index contributed by atoms with van der Waals surface area (Å²) in [7, 11) is 0. The van der Waals surface area contributed by atoms with Crippen molar-refractivity contribution in [1.29, 1.82) is 0 Å². The van der Waals surface area contributed by atoms with Crippen LogP contribution in [0.25, 0.3) is 0 Å². The molecule has 3 nitrogen and oxygen atoms in total. The molecule has 1 aromatic carbocycles. The number of ether oxygens (including phenoxy) is 1. The lowest BCUT2D eigenvalue weighted by Gasteiger charge is -2.15. The lowest BCUT2D eigenvalue weighted by atomic mass is 10.1. The van der Waals surface area contributed by atoms with Crippen molar-refractivity contribution in [3.63, 3.8) is 0 Å². The fourth-order valence-electron chi connectivity index (χ4n) is 1.93. The molecule has 0 amide bonds. The lowest BCUT2D eigenvalue weighted by Crippen LogP contribution is -2.19. The molecular weight excluding hydrogens is 318 g/mol. The molecule has 0 aliphatic rings. The predicted octanol–water partition coefficient (Wildman–Crippen LogP) is 4.68. The molecule has 20 heavy (non-hydrogen) atoms. The van der Waals surface area contributed by atoms with Gasteiger partial charge in [0.2, 0.25) is 0 Å². The third kappa shape index (κ3) is 4.12. The summed E-state index contributed by atoms with van der Waals surface area (Å²) in [4.78, 5) is 0. The second kappa shape index (κ2) is 7.50. The van der Waals surface area contributed by atoms with E-state index in [4.69, 9.17) is 9.15 Å². The summed E-state index contributed by atoms with van der Waals surface area (Å²) in [5, 5.41) is 3.47. The summed E-state index contributed by atoms with van der Waals surface area (Å²) in [6.07, 6.45) is 2.79. The highest BCUT2D eigenvalue weighted by molar-refractivity contribution is 9.10. The Morgan fingerprint density at radius 1 is 1.35 bits per heavy atom. The van der Waals surface area contributed by atoms with Crippen LogP contribution in [0.15, 0.2) is 45.5 Å². The van der Waals surface area contributed by atoms with Crippen LogP contribution >= 0.6 is 15.9 Å². The number of hydrogen-bond acceptors (Lipinski definition) is 3. The molecule has 108 valence electrons. The third-order valence-electron chi connectivity index (χ3n) is 3.11. The Morgan fingerprint density at radius 2 is 2.20 bits per heavy atom. The topological polar surface area (TPSA) is 34.4 Å². The van der Waals surface area contributed by atoms with Gasteiger partial charge in [-0.1, -0.05) is 13.0 Å². The molecule has 4 heteroatoms. The summed E-state index contributed by atoms with van der Waals surface area (Å²) >= 11 is 3.56. The summed E-state index contributed by atoms with van der Waals surface area (Å²) < 4.78 is 12.0. The molecule has 2 aromatic rings. The van der Waals surface area contributed by atoms with Crippen molar-refractivity contribution in [2.45, 2.75) is 32.9 Å². The van der Waals surface area contributed by atoms with Crippen LogP contribution in [0.2, 0.25) is 0 Å². The van der Waals surface area contributed by atoms with Crippen LogP contribution < -0.4 is 10.1 Å². The van der Waals surface area contributed by atoms with Gasteiger partial charge in [-0.2, -0.15) is 0 Å². The fourth-order valence-corrected chi connectivity index (χ4v) is 2.44. The number of halogens is 1. The van der Waals surface area contributed by atoms with Crippen LogP contribution in [0.1, 0.15) is 37.6 Å². The quantitative estimate of drug-likeness (QED) is 0.796. The predicted molar refractivity (Wildman–Crippen MR) is 83.9 cm³/mol. The van der Waals surface area contributed by atoms with Crippen LogP contribution in [0.5, 0.6) is 5.75 Å². The molecule has 0 spiro atoms. The molecule has 1 unspecified atom stereocenters. The Kier molecular flexibility index (Phi) is 5.68. The summed E-state index contributed by atoms with van der Waals surface area (Å²) in [6, 6.07) is 10.3. The first-order valence-corrected chi connectivity index (χ1v) is 7.68. The van der Waals surface area contributed by atoms with Gasteiger partial charge in [0.15, 0.2) is 0 Å². The van der Waals surface area contributed by atoms with Crippen LogP contribution in [-0.4, -0.2) is 6.54 Å². The van der Waals surface area contributed by atoms with E-state index in [2.05, 4.69) is 47.2 Å². The second-order valence-electron chi connectivity index (χ2n) is 4.73. The highest BCUT2D eigenvalue weighted by atomic mass is 79.9. The summed E-state index contributed by atoms with van der Waals surface area (Å²) in [5.74, 6) is 1.65. The van der Waals surface area contributed by atoms with E-state index in [1.165, 1.54) is 5.56 Å². The number of furan rings is 1. The van der Waals surface area contributed by atoms with Gasteiger partial charge in [0.25, 0.3) is 0 Å². The number of benzene rings is 1. The molecule has 1 atom stereocenters. The summed E-state index contributed by atoms with van der Waals surface area (Å²) in [5.41, 5.74) is 1.25. The Balaban J connectivity index is 1.98. The average molecular weight is 338 g/mol. The molecule has 2 rings (SSSR count). The first kappa shape index (κ1) is 15.1. The van der Waals surface area contributed by atoms with Crippen LogP contribution in [-0.2, 0) is 6.61 Å². The van der Waals surface area contributed by atoms with Crippen molar-refractivity contribution >= 4 is 15.9 Å². The molecule has 0 bridgehead atoms. The van der Waals surface area contributed by atoms with E-state index in [1.807, 2.05) is 18.2 Å². The van der Waals surface area contributed by atoms with Crippen LogP contribution in [0, 0.1) is 0 Å². The van der Waals surface area contributed by atoms with E-state index in [9.17, 15) is 0 Å². The van der Waals surface area contributed by atoms with E-state index < -0.39 is 0 Å². The normalized spacial score (nSPS) is 12.3. The van der Waals surface area contributed by atoms with Gasteiger partial charge in [-0.15, -0.1) is 0 Å². The Labute approximate surface area is 128 Å². The van der Waals surface area contributed by atoms with Crippen molar-refractivity contribution in [3.05, 3.63) is 52.4 Å². The van der Waals surface area contributed by atoms with Gasteiger partial charge >= 0.3 is 0 Å². The van der Waals surface area contributed by atoms with Gasteiger partial charge < -0.3 is 14.5 Å². The van der Waals surface area contributed by atoms with Gasteiger partial charge in [0, 0.05) is 6.04 Å². The highest BCUT2D eigenvalue weighted by Gasteiger charge is 2.08. The fraction of sp³-hybridized carbons (Fsp3) is 0.375. The van der Waals surface area contributed by atoms with E-state index in [0.717, 1.165) is 28.9 Å². The van der Waals surface area contributed by atoms with E-state index in [-0.39, 0.29) is 0 Å². The Bertz CT molecular complexity index is 525. The van der Waals surface area contributed by atoms with Crippen molar-refractivity contribution in [2.24, 2.45) is 0 Å². The maximum atomic E-state index is 5.74. The maximum absolute atomic E-state index is 5.74. The number of rotatable bonds is 7. The SMILES string of the molecule is CCCNC(C)c1ccc(OCc2ccco2)c(Br)c1. The molecule has 1 aromatic heterocycles. The molecule has 0 radical (unpaired) electrons. The second-order valence-corrected chi connectivity index (χ2v) is 5.59. The molecule has 1 heterocycles. The van der Waals surface area contributed by atoms with Crippen LogP contribution in [0.4, 0.5) is 0 Å². The van der Waals surface area contributed by atoms with Crippen LogP contribution in [0.3, 0.4) is 0 Å². The number of hydrogen-bond donors (Lipinski definition) is 1. The molecular formula is C16H20BrNO2. The van der Waals surface area contributed by atoms with Crippen molar-refractivity contribution in [2.75, 3.05) is 6.54 Å². The number of nitrogens with one attached hydrogen (secondary N) is 1. The minimum absolute atomic E-state index is 0.338. The zero-order valence-corrected chi connectivity index (χ0v) is 13.4. The minimum atomic E-state index is 0.338. The first-order valence-electron chi connectivity index (χ1n) is 6.88. The van der Waals surface area contributed by atoms with Gasteiger partial charge in [-0.05, 0) is 65.6 Å². The van der Waals surface area contributed by atoms with E-state index in [0.29, 0.717) is 12.6 Å². The molecule has 0 fully saturated rings. The van der Waals surface area contributed by atoms with Gasteiger partial charge in [-0.25, -0.2) is 0 Å². The smallest absolute Gasteiger partial charge is 0.146 e. The molecule has 0 aliphatic carbocycles. The maximum Gasteiger partial charge on any atom is 0.146 e. The van der Waals surface area contributed by atoms with Gasteiger partial charge in [0.1, 0.15) is 18.1 Å². The highest BCUT2D eigenvalue weighted by Crippen LogP contribution is 2.29. The summed E-state index contributed by atoms with van der Waals surface area (Å²) in [6.45, 7) is 5.80.